The molecule has 5 fully saturated rings. The molecule has 4 heterocycles. The summed E-state index contributed by atoms with van der Waals surface area (Å²) >= 11 is 0. The number of nitrogens with one attached hydrogen (secondary N) is 2. The van der Waals surface area contributed by atoms with Crippen LogP contribution in [0.4, 0.5) is 9.59 Å². The quantitative estimate of drug-likeness (QED) is 0.0728. The van der Waals surface area contributed by atoms with Crippen LogP contribution < -0.4 is 16.4 Å². The number of carbonyl (C=O) groups is 2. The zero-order valence-corrected chi connectivity index (χ0v) is 60.1. The molecule has 20 atom stereocenters. The summed E-state index contributed by atoms with van der Waals surface area (Å²) in [5.41, 5.74) is 9.37. The van der Waals surface area contributed by atoms with Crippen molar-refractivity contribution in [2.45, 2.75) is 287 Å². The number of benzene rings is 3. The average Bonchev–Trinajstić information content (AvgIpc) is 1.16. The van der Waals surface area contributed by atoms with E-state index in [0.717, 1.165) is 16.7 Å². The fourth-order valence-electron chi connectivity index (χ4n) is 11.8. The second-order valence-corrected chi connectivity index (χ2v) is 44.4. The number of nitrogens with two attached hydrogens (primary N) is 1. The van der Waals surface area contributed by atoms with E-state index in [9.17, 15) is 14.7 Å². The van der Waals surface area contributed by atoms with E-state index in [1.807, 2.05) is 112 Å². The van der Waals surface area contributed by atoms with Gasteiger partial charge >= 0.3 is 12.2 Å². The van der Waals surface area contributed by atoms with Crippen LogP contribution in [0, 0.1) is 11.8 Å². The van der Waals surface area contributed by atoms with Crippen LogP contribution >= 0.6 is 0 Å². The Bertz CT molecular complexity index is 2750. The molecule has 8 rings (SSSR count). The summed E-state index contributed by atoms with van der Waals surface area (Å²) in [6.07, 6.45) is -12.8. The molecule has 3 aromatic rings. The van der Waals surface area contributed by atoms with E-state index in [2.05, 4.69) is 119 Å². The van der Waals surface area contributed by atoms with Gasteiger partial charge in [-0.25, -0.2) is 9.59 Å². The van der Waals surface area contributed by atoms with Gasteiger partial charge in [0, 0.05) is 17.5 Å². The Labute approximate surface area is 539 Å². The summed E-state index contributed by atoms with van der Waals surface area (Å²) < 4.78 is 90.6. The molecule has 504 valence electrons. The number of ether oxygens (including phenoxy) is 10. The molecule has 2 amide bonds. The van der Waals surface area contributed by atoms with E-state index in [0.29, 0.717) is 19.3 Å². The molecule has 0 aromatic heterocycles. The van der Waals surface area contributed by atoms with Crippen molar-refractivity contribution in [3.8, 4) is 0 Å². The third kappa shape index (κ3) is 17.0. The molecule has 0 spiro atoms. The van der Waals surface area contributed by atoms with Crippen molar-refractivity contribution in [1.29, 1.82) is 0 Å². The third-order valence-electron chi connectivity index (χ3n) is 20.4. The number of hydrogen-bond donors (Lipinski definition) is 4. The standard InChI is InChI=1S/C68H109N3O16Si3/c1-20-47-55(83-62-51(71-65(74)77-39-44-33-27-23-28-34-44)57(86-89(16,17)67(8,9)10)56(48(21-2)78-62)85-88(14,15)66(5,6)7)59(87-90(18,19)68(11,12)13)63(79-47)84-58-52(72)46(69)37-41(3)53(58)81-61-50(70-64(73)76-38-43-31-25-22-26-32-43)42(4)54-49(80-61)40-75-60(82-54)45-35-29-24-30-36-45/h22-36,41-42,46-63,72H,20-21,37-40,69H2,1-19H3,(H,70,73)(H,71,74)/t41-,42+,46+,47+,48-,49+,50+,51+,52-,53+,54-,55+,56+,57+,58+,59+,60?,61+,62+,63?/m0/s1. The summed E-state index contributed by atoms with van der Waals surface area (Å²) in [4.78, 5) is 28.5. The number of carbonyl (C=O) groups excluding carboxylic acids is 2. The molecule has 19 nitrogen and oxygen atoms in total. The van der Waals surface area contributed by atoms with Crippen molar-refractivity contribution in [2.75, 3.05) is 6.61 Å². The Morgan fingerprint density at radius 2 is 0.989 bits per heavy atom. The normalized spacial score (nSPS) is 33.8. The highest BCUT2D eigenvalue weighted by Gasteiger charge is 2.60. The summed E-state index contributed by atoms with van der Waals surface area (Å²) in [5.74, 6) is -0.719. The van der Waals surface area contributed by atoms with Crippen molar-refractivity contribution < 1.29 is 75.3 Å². The maximum atomic E-state index is 14.5. The predicted molar refractivity (Wildman–Crippen MR) is 351 cm³/mol. The van der Waals surface area contributed by atoms with Gasteiger partial charge in [0.05, 0.1) is 55.4 Å². The minimum atomic E-state index is -2.78. The number of fused-ring (bicyclic) bond motifs is 1. The Morgan fingerprint density at radius 1 is 0.556 bits per heavy atom. The molecule has 5 N–H and O–H groups in total. The fourth-order valence-corrected chi connectivity index (χ4v) is 15.7. The number of aliphatic hydroxyl groups is 1. The smallest absolute Gasteiger partial charge is 0.407 e. The van der Waals surface area contributed by atoms with Crippen LogP contribution in [0.2, 0.25) is 54.4 Å². The number of amides is 2. The van der Waals surface area contributed by atoms with Crippen molar-refractivity contribution >= 4 is 37.1 Å². The molecule has 22 heteroatoms. The first kappa shape index (κ1) is 72.2. The van der Waals surface area contributed by atoms with Crippen LogP contribution in [0.25, 0.3) is 0 Å². The van der Waals surface area contributed by atoms with Gasteiger partial charge in [0.25, 0.3) is 0 Å². The molecule has 5 aliphatic rings. The van der Waals surface area contributed by atoms with E-state index in [-0.39, 0.29) is 40.9 Å². The monoisotopic (exact) mass is 1310 g/mol. The fraction of sp³-hybridized carbons (Fsp3) is 0.706. The molecule has 0 radical (unpaired) electrons. The van der Waals surface area contributed by atoms with Crippen LogP contribution in [-0.4, -0.2) is 153 Å². The van der Waals surface area contributed by atoms with Gasteiger partial charge in [-0.05, 0) is 90.7 Å². The van der Waals surface area contributed by atoms with E-state index in [4.69, 9.17) is 66.4 Å². The first-order valence-corrected chi connectivity index (χ1v) is 41.5. The summed E-state index contributed by atoms with van der Waals surface area (Å²) in [5, 5.41) is 18.1. The van der Waals surface area contributed by atoms with Gasteiger partial charge in [0.1, 0.15) is 43.7 Å². The zero-order valence-electron chi connectivity index (χ0n) is 57.1. The van der Waals surface area contributed by atoms with Crippen LogP contribution in [0.5, 0.6) is 0 Å². The van der Waals surface area contributed by atoms with Crippen LogP contribution in [0.1, 0.15) is 132 Å². The number of aliphatic hydroxyl groups excluding tert-OH is 1. The SMILES string of the molecule is CC[C@@H]1O[C@H](O[C@@H]2[C@@H](CC)OC(O[C@@H]3[C@@H](O)[C@H](N)C[C@H](C)[C@H]3O[C@H]3O[C@@H]4COC(c5ccccc5)O[C@H]4[C@H](C)[C@H]3NC(=O)OCc3ccccc3)[C@@H]2O[Si](C)(C)C(C)(C)C)[C@H](NC(=O)OCc2ccccc2)[C@@H](O[Si](C)(C)C(C)(C)C)[C@@H]1O[Si](C)(C)C(C)(C)C. The van der Waals surface area contributed by atoms with E-state index < -0.39 is 153 Å². The minimum absolute atomic E-state index is 0.0281. The van der Waals surface area contributed by atoms with Gasteiger partial charge in [0.15, 0.2) is 50.1 Å². The Hall–Kier alpha value is -3.67. The lowest BCUT2D eigenvalue weighted by atomic mass is 9.80. The molecule has 1 saturated carbocycles. The number of rotatable bonds is 21. The predicted octanol–water partition coefficient (Wildman–Crippen LogP) is 12.4. The maximum Gasteiger partial charge on any atom is 0.407 e. The van der Waals surface area contributed by atoms with Crippen LogP contribution in [-0.2, 0) is 73.9 Å². The highest BCUT2D eigenvalue weighted by molar-refractivity contribution is 6.75. The lowest BCUT2D eigenvalue weighted by Gasteiger charge is -2.53. The largest absolute Gasteiger partial charge is 0.445 e. The maximum absolute atomic E-state index is 14.5. The van der Waals surface area contributed by atoms with Gasteiger partial charge in [-0.2, -0.15) is 0 Å². The topological polar surface area (TPSA) is 224 Å². The van der Waals surface area contributed by atoms with E-state index >= 15 is 0 Å². The molecule has 90 heavy (non-hydrogen) atoms. The molecule has 4 saturated heterocycles. The zero-order chi connectivity index (χ0) is 65.9. The summed E-state index contributed by atoms with van der Waals surface area (Å²) in [6.45, 7) is 41.2. The van der Waals surface area contributed by atoms with Crippen LogP contribution in [0.15, 0.2) is 91.0 Å². The van der Waals surface area contributed by atoms with Gasteiger partial charge < -0.3 is 82.1 Å². The molecule has 0 bridgehead atoms. The minimum Gasteiger partial charge on any atom is -0.445 e. The van der Waals surface area contributed by atoms with Crippen molar-refractivity contribution in [2.24, 2.45) is 17.6 Å². The summed E-state index contributed by atoms with van der Waals surface area (Å²) in [6, 6.07) is 26.2. The number of alkyl carbamates (subject to hydrolysis) is 2. The number of hydrogen-bond acceptors (Lipinski definition) is 17. The second kappa shape index (κ2) is 29.5. The van der Waals surface area contributed by atoms with Crippen LogP contribution in [0.3, 0.4) is 0 Å². The van der Waals surface area contributed by atoms with Gasteiger partial charge in [0.2, 0.25) is 0 Å². The van der Waals surface area contributed by atoms with Gasteiger partial charge in [-0.1, -0.05) is 181 Å². The lowest BCUT2D eigenvalue weighted by Crippen LogP contribution is -2.70. The Kier molecular flexibility index (Phi) is 23.7. The second-order valence-electron chi connectivity index (χ2n) is 30.1. The third-order valence-corrected chi connectivity index (χ3v) is 33.8. The van der Waals surface area contributed by atoms with Gasteiger partial charge in [-0.15, -0.1) is 0 Å². The molecule has 4 aliphatic heterocycles. The molecular weight excluding hydrogens is 1200 g/mol. The lowest BCUT2D eigenvalue weighted by molar-refractivity contribution is -0.352. The highest BCUT2D eigenvalue weighted by Crippen LogP contribution is 2.47. The Balaban J connectivity index is 1.15. The molecule has 1 aliphatic carbocycles. The average molecular weight is 1310 g/mol. The molecule has 3 aromatic carbocycles. The highest BCUT2D eigenvalue weighted by atomic mass is 28.4. The first-order chi connectivity index (χ1) is 42.1. The van der Waals surface area contributed by atoms with Crippen molar-refractivity contribution in [3.05, 3.63) is 108 Å². The van der Waals surface area contributed by atoms with Gasteiger partial charge in [-0.3, -0.25) is 0 Å². The molecule has 2 unspecified atom stereocenters. The van der Waals surface area contributed by atoms with Crippen molar-refractivity contribution in [3.63, 3.8) is 0 Å². The van der Waals surface area contributed by atoms with Crippen molar-refractivity contribution in [1.82, 2.24) is 10.6 Å². The first-order valence-electron chi connectivity index (χ1n) is 32.8. The summed E-state index contributed by atoms with van der Waals surface area (Å²) in [7, 11) is -8.01. The van der Waals surface area contributed by atoms with E-state index in [1.165, 1.54) is 0 Å². The van der Waals surface area contributed by atoms with E-state index in [1.54, 1.807) is 0 Å². The molecular formula is C68H109N3O16Si3. The Morgan fingerprint density at radius 3 is 1.50 bits per heavy atom.